The molecule has 0 radical (unpaired) electrons. The summed E-state index contributed by atoms with van der Waals surface area (Å²) in [6, 6.07) is 3.10. The number of allylic oxidation sites excluding steroid dienone is 1. The molecule has 0 aromatic heterocycles. The number of carbonyl (C=O) groups is 1. The summed E-state index contributed by atoms with van der Waals surface area (Å²) < 4.78 is 26.2. The molecule has 1 N–H and O–H groups in total. The van der Waals surface area contributed by atoms with Gasteiger partial charge < -0.3 is 5.32 Å². The molecule has 6 heteroatoms. The zero-order valence-corrected chi connectivity index (χ0v) is 11.9. The Bertz CT molecular complexity index is 599. The molecule has 0 amide bonds. The second kappa shape index (κ2) is 6.17. The minimum Gasteiger partial charge on any atom is -0.359 e. The van der Waals surface area contributed by atoms with Crippen LogP contribution in [0.2, 0.25) is 0 Å². The first-order chi connectivity index (χ1) is 9.45. The fourth-order valence-electron chi connectivity index (χ4n) is 1.83. The fourth-order valence-corrected chi connectivity index (χ4v) is 2.73. The third-order valence-corrected chi connectivity index (χ3v) is 3.58. The van der Waals surface area contributed by atoms with Crippen LogP contribution in [0.5, 0.6) is 0 Å². The van der Waals surface area contributed by atoms with Crippen LogP contribution in [0.15, 0.2) is 35.0 Å². The summed E-state index contributed by atoms with van der Waals surface area (Å²) in [6.07, 6.45) is 1.96. The van der Waals surface area contributed by atoms with Gasteiger partial charge in [-0.15, -0.1) is 0 Å². The summed E-state index contributed by atoms with van der Waals surface area (Å²) in [7, 11) is 0. The van der Waals surface area contributed by atoms with Crippen molar-refractivity contribution in [1.82, 2.24) is 5.32 Å². The molecular weight excluding hydrogens is 282 g/mol. The summed E-state index contributed by atoms with van der Waals surface area (Å²) >= 11 is 1.21. The predicted octanol–water partition coefficient (Wildman–Crippen LogP) is 3.13. The van der Waals surface area contributed by atoms with E-state index in [1.165, 1.54) is 11.8 Å². The van der Waals surface area contributed by atoms with E-state index in [1.807, 2.05) is 19.9 Å². The molecule has 0 aliphatic carbocycles. The SMILES string of the molecule is CC1=CC(C)NC(SCC(=O)c2ccc(F)cc2F)=N1. The van der Waals surface area contributed by atoms with Crippen LogP contribution in [0, 0.1) is 11.6 Å². The Kier molecular flexibility index (Phi) is 4.54. The quantitative estimate of drug-likeness (QED) is 0.871. The van der Waals surface area contributed by atoms with Crippen molar-refractivity contribution in [2.45, 2.75) is 19.9 Å². The van der Waals surface area contributed by atoms with Crippen LogP contribution in [0.3, 0.4) is 0 Å². The number of rotatable bonds is 3. The summed E-state index contributed by atoms with van der Waals surface area (Å²) in [5, 5.41) is 3.74. The Morgan fingerprint density at radius 1 is 1.45 bits per heavy atom. The van der Waals surface area contributed by atoms with E-state index in [0.29, 0.717) is 11.2 Å². The predicted molar refractivity (Wildman–Crippen MR) is 76.9 cm³/mol. The summed E-state index contributed by atoms with van der Waals surface area (Å²) in [5.41, 5.74) is 0.773. The highest BCUT2D eigenvalue weighted by Crippen LogP contribution is 2.16. The highest BCUT2D eigenvalue weighted by Gasteiger charge is 2.16. The molecule has 0 bridgehead atoms. The maximum Gasteiger partial charge on any atom is 0.176 e. The van der Waals surface area contributed by atoms with Crippen molar-refractivity contribution >= 4 is 22.7 Å². The van der Waals surface area contributed by atoms with Crippen LogP contribution in [-0.2, 0) is 0 Å². The maximum absolute atomic E-state index is 13.5. The van der Waals surface area contributed by atoms with Crippen molar-refractivity contribution in [3.63, 3.8) is 0 Å². The van der Waals surface area contributed by atoms with Crippen molar-refractivity contribution in [3.8, 4) is 0 Å². The summed E-state index contributed by atoms with van der Waals surface area (Å²) in [6.45, 7) is 3.85. The number of ketones is 1. The number of thioether (sulfide) groups is 1. The molecule has 3 nitrogen and oxygen atoms in total. The van der Waals surface area contributed by atoms with Gasteiger partial charge in [0.05, 0.1) is 11.3 Å². The molecule has 0 saturated carbocycles. The largest absolute Gasteiger partial charge is 0.359 e. The van der Waals surface area contributed by atoms with Gasteiger partial charge in [-0.05, 0) is 32.1 Å². The van der Waals surface area contributed by atoms with E-state index in [1.54, 1.807) is 0 Å². The Labute approximate surface area is 120 Å². The van der Waals surface area contributed by atoms with Gasteiger partial charge in [0, 0.05) is 17.8 Å². The molecule has 1 atom stereocenters. The number of nitrogens with zero attached hydrogens (tertiary/aromatic N) is 1. The van der Waals surface area contributed by atoms with Crippen molar-refractivity contribution < 1.29 is 13.6 Å². The van der Waals surface area contributed by atoms with Crippen LogP contribution >= 0.6 is 11.8 Å². The smallest absolute Gasteiger partial charge is 0.176 e. The lowest BCUT2D eigenvalue weighted by Crippen LogP contribution is -2.32. The third kappa shape index (κ3) is 3.66. The molecule has 1 unspecified atom stereocenters. The first-order valence-corrected chi connectivity index (χ1v) is 7.09. The molecule has 20 heavy (non-hydrogen) atoms. The number of nitrogens with one attached hydrogen (secondary N) is 1. The molecule has 1 aliphatic rings. The van der Waals surface area contributed by atoms with Crippen LogP contribution in [-0.4, -0.2) is 22.7 Å². The highest BCUT2D eigenvalue weighted by atomic mass is 32.2. The monoisotopic (exact) mass is 296 g/mol. The second-order valence-electron chi connectivity index (χ2n) is 4.49. The van der Waals surface area contributed by atoms with Crippen LogP contribution in [0.25, 0.3) is 0 Å². The van der Waals surface area contributed by atoms with E-state index in [-0.39, 0.29) is 17.4 Å². The van der Waals surface area contributed by atoms with Crippen LogP contribution < -0.4 is 5.32 Å². The molecule has 0 saturated heterocycles. The molecule has 1 aliphatic heterocycles. The lowest BCUT2D eigenvalue weighted by molar-refractivity contribution is 0.101. The minimum atomic E-state index is -0.835. The van der Waals surface area contributed by atoms with Crippen LogP contribution in [0.4, 0.5) is 8.78 Å². The Balaban J connectivity index is 2.01. The fraction of sp³-hybridized carbons (Fsp3) is 0.286. The van der Waals surface area contributed by atoms with Gasteiger partial charge in [-0.3, -0.25) is 4.79 Å². The average Bonchev–Trinajstić information content (AvgIpc) is 2.35. The number of benzene rings is 1. The Morgan fingerprint density at radius 3 is 2.85 bits per heavy atom. The number of Topliss-reactive ketones (excluding diaryl/α,β-unsaturated/α-hetero) is 1. The maximum atomic E-state index is 13.5. The molecule has 0 fully saturated rings. The topological polar surface area (TPSA) is 41.5 Å². The Morgan fingerprint density at radius 2 is 2.20 bits per heavy atom. The molecule has 1 aromatic carbocycles. The molecule has 0 spiro atoms. The number of carbonyl (C=O) groups excluding carboxylic acids is 1. The van der Waals surface area contributed by atoms with E-state index < -0.39 is 17.4 Å². The zero-order chi connectivity index (χ0) is 14.7. The lowest BCUT2D eigenvalue weighted by atomic mass is 10.1. The minimum absolute atomic E-state index is 0.0500. The van der Waals surface area contributed by atoms with Gasteiger partial charge in [-0.25, -0.2) is 13.8 Å². The van der Waals surface area contributed by atoms with Gasteiger partial charge in [-0.2, -0.15) is 0 Å². The third-order valence-electron chi connectivity index (χ3n) is 2.69. The van der Waals surface area contributed by atoms with Gasteiger partial charge >= 0.3 is 0 Å². The summed E-state index contributed by atoms with van der Waals surface area (Å²) in [4.78, 5) is 16.2. The molecule has 2 rings (SSSR count). The number of hydrogen-bond donors (Lipinski definition) is 1. The van der Waals surface area contributed by atoms with E-state index >= 15 is 0 Å². The van der Waals surface area contributed by atoms with Crippen LogP contribution in [0.1, 0.15) is 24.2 Å². The van der Waals surface area contributed by atoms with Crippen molar-refractivity contribution in [1.29, 1.82) is 0 Å². The van der Waals surface area contributed by atoms with Crippen molar-refractivity contribution in [2.75, 3.05) is 5.75 Å². The number of aliphatic imine (C=N–C) groups is 1. The van der Waals surface area contributed by atoms with E-state index in [0.717, 1.165) is 17.8 Å². The van der Waals surface area contributed by atoms with Gasteiger partial charge in [0.2, 0.25) is 0 Å². The molecule has 106 valence electrons. The van der Waals surface area contributed by atoms with Gasteiger partial charge in [0.25, 0.3) is 0 Å². The molecular formula is C14H14F2N2OS. The highest BCUT2D eigenvalue weighted by molar-refractivity contribution is 8.14. The first-order valence-electron chi connectivity index (χ1n) is 6.10. The van der Waals surface area contributed by atoms with E-state index in [4.69, 9.17) is 0 Å². The number of hydrogen-bond acceptors (Lipinski definition) is 4. The lowest BCUT2D eigenvalue weighted by Gasteiger charge is -2.18. The van der Waals surface area contributed by atoms with Gasteiger partial charge in [0.1, 0.15) is 11.6 Å². The van der Waals surface area contributed by atoms with E-state index in [2.05, 4.69) is 10.3 Å². The normalized spacial score (nSPS) is 18.1. The second-order valence-corrected chi connectivity index (χ2v) is 5.46. The molecule has 1 heterocycles. The molecule has 1 aromatic rings. The number of amidine groups is 1. The van der Waals surface area contributed by atoms with E-state index in [9.17, 15) is 13.6 Å². The zero-order valence-electron chi connectivity index (χ0n) is 11.1. The van der Waals surface area contributed by atoms with Gasteiger partial charge in [-0.1, -0.05) is 11.8 Å². The average molecular weight is 296 g/mol. The van der Waals surface area contributed by atoms with Crippen molar-refractivity contribution in [3.05, 3.63) is 47.2 Å². The first kappa shape index (κ1) is 14.7. The van der Waals surface area contributed by atoms with Gasteiger partial charge in [0.15, 0.2) is 11.0 Å². The number of halogens is 2. The van der Waals surface area contributed by atoms with Crippen molar-refractivity contribution in [2.24, 2.45) is 4.99 Å². The summed E-state index contributed by atoms with van der Waals surface area (Å²) in [5.74, 6) is -1.87. The Hall–Kier alpha value is -1.69. The standard InChI is InChI=1S/C14H14F2N2OS/c1-8-5-9(2)18-14(17-8)20-7-13(19)11-4-3-10(15)6-12(11)16/h3-6,8H,7H2,1-2H3,(H,17,18).